The molecule has 1 N–H and O–H groups in total. The number of anilines is 2. The Bertz CT molecular complexity index is 1080. The van der Waals surface area contributed by atoms with Crippen LogP contribution in [-0.4, -0.2) is 47.2 Å². The highest BCUT2D eigenvalue weighted by Gasteiger charge is 2.24. The predicted octanol–water partition coefficient (Wildman–Crippen LogP) is 5.93. The molecule has 0 saturated carbocycles. The van der Waals surface area contributed by atoms with Gasteiger partial charge in [-0.1, -0.05) is 19.9 Å². The van der Waals surface area contributed by atoms with Gasteiger partial charge in [0.1, 0.15) is 24.9 Å². The fourth-order valence-electron chi connectivity index (χ4n) is 3.97. The van der Waals surface area contributed by atoms with Crippen LogP contribution < -0.4 is 14.8 Å². The summed E-state index contributed by atoms with van der Waals surface area (Å²) in [4.78, 5) is 11.1. The van der Waals surface area contributed by atoms with Crippen molar-refractivity contribution in [3.05, 3.63) is 46.9 Å². The summed E-state index contributed by atoms with van der Waals surface area (Å²) < 4.78 is 27.0. The molecule has 1 unspecified atom stereocenters. The van der Waals surface area contributed by atoms with Crippen LogP contribution >= 0.6 is 15.9 Å². The number of hydrogen-bond acceptors (Lipinski definition) is 6. The van der Waals surface area contributed by atoms with Gasteiger partial charge in [0.25, 0.3) is 0 Å². The van der Waals surface area contributed by atoms with E-state index in [1.807, 2.05) is 26.0 Å². The molecular weight excluding hydrogens is 475 g/mol. The van der Waals surface area contributed by atoms with Gasteiger partial charge in [0, 0.05) is 24.4 Å². The van der Waals surface area contributed by atoms with Crippen LogP contribution in [0.15, 0.2) is 41.1 Å². The van der Waals surface area contributed by atoms with E-state index in [4.69, 9.17) is 9.47 Å². The van der Waals surface area contributed by atoms with Crippen molar-refractivity contribution in [3.63, 3.8) is 0 Å². The molecule has 5 rings (SSSR count). The highest BCUT2D eigenvalue weighted by atomic mass is 79.9. The average molecular weight is 503 g/mol. The second kappa shape index (κ2) is 10.4. The number of hydrogen-bond donors (Lipinski definition) is 1. The Morgan fingerprint density at radius 3 is 2.78 bits per heavy atom. The van der Waals surface area contributed by atoms with Crippen molar-refractivity contribution in [1.29, 1.82) is 0 Å². The number of nitrogens with zero attached hydrogens (tertiary/aromatic N) is 3. The molecule has 1 saturated heterocycles. The van der Waals surface area contributed by atoms with Crippen LogP contribution in [0.25, 0.3) is 10.9 Å². The highest BCUT2D eigenvalue weighted by molar-refractivity contribution is 9.10. The van der Waals surface area contributed by atoms with E-state index in [1.165, 1.54) is 32.3 Å². The lowest BCUT2D eigenvalue weighted by Gasteiger charge is -2.28. The lowest BCUT2D eigenvalue weighted by Crippen LogP contribution is -2.33. The molecule has 2 aliphatic heterocycles. The number of halogens is 2. The molecule has 2 aliphatic rings. The second-order valence-corrected chi connectivity index (χ2v) is 8.51. The molecule has 6 nitrogen and oxygen atoms in total. The largest absolute Gasteiger partial charge is 0.486 e. The fourth-order valence-corrected chi connectivity index (χ4v) is 4.33. The summed E-state index contributed by atoms with van der Waals surface area (Å²) in [7, 11) is 0. The van der Waals surface area contributed by atoms with Crippen molar-refractivity contribution in [2.75, 3.05) is 31.6 Å². The van der Waals surface area contributed by atoms with Crippen molar-refractivity contribution >= 4 is 38.3 Å². The molecule has 0 radical (unpaired) electrons. The Balaban J connectivity index is 0.00000119. The first-order valence-electron chi connectivity index (χ1n) is 11.2. The zero-order valence-corrected chi connectivity index (χ0v) is 20.0. The lowest BCUT2D eigenvalue weighted by molar-refractivity contribution is 0.0776. The SMILES string of the molecule is CC.Fc1c(Br)cccc1Nc1ncnc2cc3c(cc12)OCC(CCN1CCCC1)O3. The monoisotopic (exact) mass is 502 g/mol. The average Bonchev–Trinajstić information content (AvgIpc) is 3.35. The predicted molar refractivity (Wildman–Crippen MR) is 128 cm³/mol. The summed E-state index contributed by atoms with van der Waals surface area (Å²) in [5.41, 5.74) is 1.05. The zero-order chi connectivity index (χ0) is 22.5. The maximum absolute atomic E-state index is 14.4. The zero-order valence-electron chi connectivity index (χ0n) is 18.4. The van der Waals surface area contributed by atoms with Crippen LogP contribution in [0, 0.1) is 5.82 Å². The molecule has 1 atom stereocenters. The Hall–Kier alpha value is -2.45. The summed E-state index contributed by atoms with van der Waals surface area (Å²) in [5, 5.41) is 3.81. The Morgan fingerprint density at radius 1 is 1.16 bits per heavy atom. The standard InChI is InChI=1S/C22H22BrFN4O2.C2H6/c23-16-4-3-5-17(21(16)24)27-22-15-10-19-20(11-18(15)25-13-26-22)30-14(12-29-19)6-9-28-7-1-2-8-28;1-2/h3-5,10-11,13-14H,1-2,6-9,12H2,(H,25,26,27);1-2H3. The summed E-state index contributed by atoms with van der Waals surface area (Å²) in [5.74, 6) is 1.49. The van der Waals surface area contributed by atoms with Gasteiger partial charge in [-0.05, 0) is 60.1 Å². The van der Waals surface area contributed by atoms with Crippen LogP contribution in [0.4, 0.5) is 15.9 Å². The van der Waals surface area contributed by atoms with E-state index in [9.17, 15) is 4.39 Å². The van der Waals surface area contributed by atoms with Crippen LogP contribution in [0.2, 0.25) is 0 Å². The minimum atomic E-state index is -0.373. The normalized spacial score (nSPS) is 17.7. The molecule has 8 heteroatoms. The van der Waals surface area contributed by atoms with E-state index >= 15 is 0 Å². The van der Waals surface area contributed by atoms with Crippen molar-refractivity contribution in [1.82, 2.24) is 14.9 Å². The van der Waals surface area contributed by atoms with Crippen molar-refractivity contribution < 1.29 is 13.9 Å². The Labute approximate surface area is 196 Å². The number of ether oxygens (including phenoxy) is 2. The van der Waals surface area contributed by atoms with Gasteiger partial charge in [-0.25, -0.2) is 14.4 Å². The number of aromatic nitrogens is 2. The quantitative estimate of drug-likeness (QED) is 0.466. The molecule has 0 aliphatic carbocycles. The third-order valence-corrected chi connectivity index (χ3v) is 6.20. The van der Waals surface area contributed by atoms with E-state index in [1.54, 1.807) is 18.2 Å². The minimum absolute atomic E-state index is 0.0331. The van der Waals surface area contributed by atoms with Crippen molar-refractivity contribution in [3.8, 4) is 11.5 Å². The highest BCUT2D eigenvalue weighted by Crippen LogP contribution is 2.38. The van der Waals surface area contributed by atoms with Crippen molar-refractivity contribution in [2.45, 2.75) is 39.2 Å². The molecule has 3 aromatic rings. The van der Waals surface area contributed by atoms with E-state index in [2.05, 4.69) is 36.1 Å². The van der Waals surface area contributed by atoms with Crippen LogP contribution in [-0.2, 0) is 0 Å². The minimum Gasteiger partial charge on any atom is -0.486 e. The number of fused-ring (bicyclic) bond motifs is 2. The van der Waals surface area contributed by atoms with E-state index in [-0.39, 0.29) is 11.9 Å². The van der Waals surface area contributed by atoms with Gasteiger partial charge < -0.3 is 19.7 Å². The number of rotatable bonds is 5. The first-order chi connectivity index (χ1) is 15.7. The summed E-state index contributed by atoms with van der Waals surface area (Å²) in [6.07, 6.45) is 5.01. The fraction of sp³-hybridized carbons (Fsp3) is 0.417. The molecule has 1 aromatic heterocycles. The molecule has 0 bridgehead atoms. The van der Waals surface area contributed by atoms with Crippen molar-refractivity contribution in [2.24, 2.45) is 0 Å². The second-order valence-electron chi connectivity index (χ2n) is 7.65. The van der Waals surface area contributed by atoms with Gasteiger partial charge in [0.05, 0.1) is 15.7 Å². The number of benzene rings is 2. The molecule has 3 heterocycles. The molecule has 32 heavy (non-hydrogen) atoms. The maximum Gasteiger partial charge on any atom is 0.163 e. The maximum atomic E-state index is 14.4. The Kier molecular flexibility index (Phi) is 7.42. The molecule has 0 amide bonds. The van der Waals surface area contributed by atoms with E-state index in [0.29, 0.717) is 39.6 Å². The van der Waals surface area contributed by atoms with Gasteiger partial charge in [-0.2, -0.15) is 0 Å². The first kappa shape index (κ1) is 22.7. The van der Waals surface area contributed by atoms with E-state index in [0.717, 1.165) is 18.4 Å². The molecule has 170 valence electrons. The third-order valence-electron chi connectivity index (χ3n) is 5.59. The van der Waals surface area contributed by atoms with Gasteiger partial charge in [-0.3, -0.25) is 0 Å². The van der Waals surface area contributed by atoms with Gasteiger partial charge in [-0.15, -0.1) is 0 Å². The first-order valence-corrected chi connectivity index (χ1v) is 12.0. The van der Waals surface area contributed by atoms with Crippen LogP contribution in [0.5, 0.6) is 11.5 Å². The van der Waals surface area contributed by atoms with Crippen LogP contribution in [0.3, 0.4) is 0 Å². The smallest absolute Gasteiger partial charge is 0.163 e. The summed E-state index contributed by atoms with van der Waals surface area (Å²) in [6.45, 7) is 7.91. The summed E-state index contributed by atoms with van der Waals surface area (Å²) in [6, 6.07) is 8.81. The van der Waals surface area contributed by atoms with Gasteiger partial charge in [0.15, 0.2) is 17.3 Å². The molecular formula is C24H28BrFN4O2. The Morgan fingerprint density at radius 2 is 1.97 bits per heavy atom. The topological polar surface area (TPSA) is 59.5 Å². The number of likely N-dealkylation sites (tertiary alicyclic amines) is 1. The third kappa shape index (κ3) is 4.96. The summed E-state index contributed by atoms with van der Waals surface area (Å²) >= 11 is 3.21. The van der Waals surface area contributed by atoms with E-state index < -0.39 is 0 Å². The van der Waals surface area contributed by atoms with Gasteiger partial charge in [0.2, 0.25) is 0 Å². The van der Waals surface area contributed by atoms with Gasteiger partial charge >= 0.3 is 0 Å². The molecule has 1 fully saturated rings. The van der Waals surface area contributed by atoms with Crippen LogP contribution in [0.1, 0.15) is 33.1 Å². The molecule has 2 aromatic carbocycles. The number of nitrogens with one attached hydrogen (secondary N) is 1. The molecule has 0 spiro atoms. The lowest BCUT2D eigenvalue weighted by atomic mass is 10.1.